The molecule has 0 aliphatic carbocycles. The van der Waals surface area contributed by atoms with Crippen LogP contribution in [0.1, 0.15) is 293 Å². The van der Waals surface area contributed by atoms with Crippen molar-refractivity contribution in [3.05, 3.63) is 0 Å². The zero-order valence-electron chi connectivity index (χ0n) is 43.8. The molecule has 0 saturated heterocycles. The molecule has 0 amide bonds. The van der Waals surface area contributed by atoms with Crippen molar-refractivity contribution >= 4 is 41.1 Å². The summed E-state index contributed by atoms with van der Waals surface area (Å²) in [6.07, 6.45) is 66.7. The first-order valence-corrected chi connectivity index (χ1v) is 33.7. The molecule has 0 saturated carbocycles. The van der Waals surface area contributed by atoms with Crippen molar-refractivity contribution in [2.45, 2.75) is 293 Å². The van der Waals surface area contributed by atoms with Crippen LogP contribution in [0.4, 0.5) is 0 Å². The molecule has 0 aromatic heterocycles. The van der Waals surface area contributed by atoms with E-state index >= 15 is 0 Å². The minimum absolute atomic E-state index is 0. The van der Waals surface area contributed by atoms with Crippen molar-refractivity contribution in [2.24, 2.45) is 0 Å². The monoisotopic (exact) mass is 1020 g/mol. The zero-order valence-corrected chi connectivity index (χ0v) is 49.1. The molecule has 0 aromatic carbocycles. The Morgan fingerprint density at radius 1 is 0.246 bits per heavy atom. The Hall–Kier alpha value is 1.87. The van der Waals surface area contributed by atoms with Gasteiger partial charge in [0.1, 0.15) is 0 Å². The number of hydrogen-bond donors (Lipinski definition) is 0. The van der Waals surface area contributed by atoms with Gasteiger partial charge in [-0.15, -0.1) is 23.8 Å². The molecule has 0 fully saturated rings. The first-order valence-electron chi connectivity index (χ1n) is 27.6. The molecule has 0 heterocycles. The fourth-order valence-corrected chi connectivity index (χ4v) is 15.9. The summed E-state index contributed by atoms with van der Waals surface area (Å²) in [5.41, 5.74) is 0. The standard InChI is InChI=1S/3C18H39P.CClO.Ru.H/c3*1-4-7-10-13-16-19(17-14-11-8-5-2)18-15-12-9-6-3;2-1-3;;/h3*4-18H2,1-3H3;;;/q;;;-1;+1;. The first-order chi connectivity index (χ1) is 29.5. The van der Waals surface area contributed by atoms with Crippen LogP contribution >= 0.6 is 35.4 Å². The molecule has 1 radical (unpaired) electrons. The van der Waals surface area contributed by atoms with Gasteiger partial charge >= 0.3 is 19.5 Å². The topological polar surface area (TPSA) is 17.1 Å². The van der Waals surface area contributed by atoms with Crippen molar-refractivity contribution in [3.8, 4) is 0 Å². The summed E-state index contributed by atoms with van der Waals surface area (Å²) in [7, 11) is 1.17. The number of unbranched alkanes of at least 4 members (excludes halogenated alkanes) is 27. The first kappa shape index (κ1) is 71.9. The van der Waals surface area contributed by atoms with Gasteiger partial charge in [0.25, 0.3) is 0 Å². The van der Waals surface area contributed by atoms with Crippen LogP contribution in [0.25, 0.3) is 0 Å². The molecule has 0 aliphatic heterocycles. The van der Waals surface area contributed by atoms with E-state index in [4.69, 9.17) is 4.79 Å². The molecule has 0 bridgehead atoms. The Morgan fingerprint density at radius 2 is 0.344 bits per heavy atom. The summed E-state index contributed by atoms with van der Waals surface area (Å²) >= 11 is 4.19. The van der Waals surface area contributed by atoms with Gasteiger partial charge in [-0.2, -0.15) is 5.75 Å². The molecular formula is C55H118ClOP3Ru. The molecule has 0 rings (SSSR count). The molecule has 0 atom stereocenters. The van der Waals surface area contributed by atoms with Crippen LogP contribution < -0.4 is 0 Å². The average Bonchev–Trinajstić information content (AvgIpc) is 3.26. The van der Waals surface area contributed by atoms with E-state index in [1.165, 1.54) is 231 Å². The second kappa shape index (κ2) is 70.9. The van der Waals surface area contributed by atoms with Gasteiger partial charge < -0.3 is 16.4 Å². The molecule has 0 aliphatic rings. The Morgan fingerprint density at radius 3 is 0.426 bits per heavy atom. The fourth-order valence-electron chi connectivity index (χ4n) is 7.87. The van der Waals surface area contributed by atoms with E-state index < -0.39 is 0 Å². The van der Waals surface area contributed by atoms with E-state index in [2.05, 4.69) is 73.9 Å². The summed E-state index contributed by atoms with van der Waals surface area (Å²) in [6.45, 7) is 20.9. The molecule has 374 valence electrons. The molecule has 6 heteroatoms. The predicted octanol–water partition coefficient (Wildman–Crippen LogP) is 21.6. The summed E-state index contributed by atoms with van der Waals surface area (Å²) in [5, 5.41) is 0. The molecular weight excluding hydrogens is 906 g/mol. The van der Waals surface area contributed by atoms with E-state index in [0.29, 0.717) is 23.8 Å². The van der Waals surface area contributed by atoms with Crippen molar-refractivity contribution in [1.82, 2.24) is 0 Å². The van der Waals surface area contributed by atoms with Gasteiger partial charge in [-0.3, -0.25) is 0 Å². The zero-order chi connectivity index (χ0) is 45.3. The molecule has 61 heavy (non-hydrogen) atoms. The quantitative estimate of drug-likeness (QED) is 0.0195. The van der Waals surface area contributed by atoms with Crippen molar-refractivity contribution < 1.29 is 24.3 Å². The van der Waals surface area contributed by atoms with Gasteiger partial charge in [-0.1, -0.05) is 236 Å². The number of halogens is 1. The van der Waals surface area contributed by atoms with Crippen molar-refractivity contribution in [3.63, 3.8) is 0 Å². The van der Waals surface area contributed by atoms with Gasteiger partial charge in [0, 0.05) is 0 Å². The van der Waals surface area contributed by atoms with Crippen molar-refractivity contribution in [2.75, 3.05) is 55.5 Å². The van der Waals surface area contributed by atoms with Gasteiger partial charge in [0.2, 0.25) is 0 Å². The van der Waals surface area contributed by atoms with Crippen LogP contribution in [0.5, 0.6) is 0 Å². The second-order valence-corrected chi connectivity index (χ2v) is 26.4. The van der Waals surface area contributed by atoms with Gasteiger partial charge in [-0.25, -0.2) is 0 Å². The van der Waals surface area contributed by atoms with Crippen LogP contribution in [0, 0.1) is 0 Å². The summed E-state index contributed by atoms with van der Waals surface area (Å²) < 4.78 is 0. The Labute approximate surface area is 411 Å². The number of rotatable bonds is 45. The Kier molecular flexibility index (Phi) is 83.5. The fraction of sp³-hybridized carbons (Fsp3) is 0.982. The second-order valence-electron chi connectivity index (χ2n) is 18.1. The van der Waals surface area contributed by atoms with E-state index in [9.17, 15) is 0 Å². The van der Waals surface area contributed by atoms with Gasteiger partial charge in [0.05, 0.1) is 0 Å². The van der Waals surface area contributed by atoms with Crippen LogP contribution in [0.2, 0.25) is 0 Å². The maximum atomic E-state index is 8.45. The molecule has 0 spiro atoms. The van der Waals surface area contributed by atoms with E-state index in [0.717, 1.165) is 5.75 Å². The molecule has 0 N–H and O–H groups in total. The van der Waals surface area contributed by atoms with E-state index in [1.807, 2.05) is 0 Å². The van der Waals surface area contributed by atoms with E-state index in [1.54, 1.807) is 55.5 Å². The number of carbonyl (C=O) groups excluding carboxylic acids is 1. The van der Waals surface area contributed by atoms with Gasteiger partial charge in [0.15, 0.2) is 0 Å². The van der Waals surface area contributed by atoms with Crippen LogP contribution in [-0.2, 0) is 24.3 Å². The third kappa shape index (κ3) is 71.0. The average molecular weight is 1020 g/mol. The van der Waals surface area contributed by atoms with Crippen LogP contribution in [0.15, 0.2) is 0 Å². The third-order valence-electron chi connectivity index (χ3n) is 12.0. The molecule has 0 aromatic rings. The third-order valence-corrected chi connectivity index (χ3v) is 20.5. The van der Waals surface area contributed by atoms with Crippen LogP contribution in [0.3, 0.4) is 0 Å². The summed E-state index contributed by atoms with van der Waals surface area (Å²) in [6, 6.07) is 0. The van der Waals surface area contributed by atoms with Crippen molar-refractivity contribution in [1.29, 1.82) is 0 Å². The maximum absolute atomic E-state index is 8.45. The molecule has 0 unspecified atom stereocenters. The summed E-state index contributed by atoms with van der Waals surface area (Å²) in [4.78, 5) is 8.45. The van der Waals surface area contributed by atoms with Gasteiger partial charge in [-0.05, 0) is 113 Å². The SMILES string of the molecule is CCCCCCP(CCCCCC)CCCCCC.CCCCCCP(CCCCCC)CCCCCC.CCCCCCP(CCCCCC)CCCCCC.O=[C-]Cl.[RuH+]. The Balaban J connectivity index is -0.000000246. The minimum atomic E-state index is 0. The number of hydrogen-bond acceptors (Lipinski definition) is 1. The summed E-state index contributed by atoms with van der Waals surface area (Å²) in [5.74, 6) is 0.972. The molecule has 1 nitrogen and oxygen atoms in total. The van der Waals surface area contributed by atoms with E-state index in [-0.39, 0.29) is 19.5 Å². The normalized spacial score (nSPS) is 10.8. The Bertz CT molecular complexity index is 531. The van der Waals surface area contributed by atoms with Crippen LogP contribution in [-0.4, -0.2) is 61.2 Å². The predicted molar refractivity (Wildman–Crippen MR) is 295 cm³/mol.